The van der Waals surface area contributed by atoms with Crippen LogP contribution in [0, 0.1) is 17.8 Å². The molecule has 7 atom stereocenters. The van der Waals surface area contributed by atoms with E-state index in [1.165, 1.54) is 0 Å². The van der Waals surface area contributed by atoms with E-state index in [-0.39, 0.29) is 36.8 Å². The summed E-state index contributed by atoms with van der Waals surface area (Å²) in [5.74, 6) is -2.55. The number of hydrogen-bond acceptors (Lipinski definition) is 5. The van der Waals surface area contributed by atoms with Crippen LogP contribution in [0.5, 0.6) is 0 Å². The maximum absolute atomic E-state index is 15.3. The Bertz CT molecular complexity index is 1710. The molecule has 3 aromatic rings. The SMILES string of the molecule is C=CCN(CCC)C(=O)[C@H]1[C@H]2C(=O)N([C@@H](CO)Cc3ccccc3)C(C(=O)N(CC=C)c3ccc4ccccc4c3)C23CC(C)[C@]1(C)O3. The first-order chi connectivity index (χ1) is 23.1. The van der Waals surface area contributed by atoms with Crippen LogP contribution in [0.2, 0.25) is 0 Å². The largest absolute Gasteiger partial charge is 0.394 e. The van der Waals surface area contributed by atoms with Gasteiger partial charge >= 0.3 is 0 Å². The molecule has 3 amide bonds. The Morgan fingerprint density at radius 2 is 1.71 bits per heavy atom. The summed E-state index contributed by atoms with van der Waals surface area (Å²) in [6.45, 7) is 14.6. The summed E-state index contributed by atoms with van der Waals surface area (Å²) in [6, 6.07) is 21.7. The second-order valence-electron chi connectivity index (χ2n) is 13.8. The predicted octanol–water partition coefficient (Wildman–Crippen LogP) is 5.40. The number of carbonyl (C=O) groups is 3. The number of likely N-dealkylation sites (tertiary alicyclic amines) is 1. The van der Waals surface area contributed by atoms with Crippen LogP contribution in [0.15, 0.2) is 98.1 Å². The lowest BCUT2D eigenvalue weighted by molar-refractivity contribution is -0.153. The zero-order chi connectivity index (χ0) is 34.2. The van der Waals surface area contributed by atoms with E-state index in [2.05, 4.69) is 20.1 Å². The molecule has 2 bridgehead atoms. The van der Waals surface area contributed by atoms with E-state index in [4.69, 9.17) is 4.74 Å². The number of benzene rings is 3. The highest BCUT2D eigenvalue weighted by molar-refractivity contribution is 6.06. The van der Waals surface area contributed by atoms with Crippen LogP contribution < -0.4 is 4.90 Å². The van der Waals surface area contributed by atoms with Crippen molar-refractivity contribution in [3.63, 3.8) is 0 Å². The molecule has 3 heterocycles. The van der Waals surface area contributed by atoms with Gasteiger partial charge in [-0.3, -0.25) is 14.4 Å². The topological polar surface area (TPSA) is 90.4 Å². The van der Waals surface area contributed by atoms with Crippen molar-refractivity contribution >= 4 is 34.2 Å². The second kappa shape index (κ2) is 13.3. The summed E-state index contributed by atoms with van der Waals surface area (Å²) < 4.78 is 7.05. The molecule has 48 heavy (non-hydrogen) atoms. The van der Waals surface area contributed by atoms with Gasteiger partial charge < -0.3 is 24.5 Å². The molecule has 252 valence electrons. The van der Waals surface area contributed by atoms with Crippen molar-refractivity contribution < 1.29 is 24.2 Å². The van der Waals surface area contributed by atoms with Crippen LogP contribution in [-0.4, -0.2) is 82.2 Å². The Labute approximate surface area is 283 Å². The van der Waals surface area contributed by atoms with Gasteiger partial charge in [0, 0.05) is 25.3 Å². The fraction of sp³-hybridized carbons (Fsp3) is 0.425. The van der Waals surface area contributed by atoms with Gasteiger partial charge in [-0.15, -0.1) is 13.2 Å². The molecule has 1 N–H and O–H groups in total. The molecular formula is C40H47N3O5. The average Bonchev–Trinajstić information content (AvgIpc) is 3.61. The normalized spacial score (nSPS) is 27.9. The highest BCUT2D eigenvalue weighted by Crippen LogP contribution is 2.66. The maximum atomic E-state index is 15.3. The monoisotopic (exact) mass is 649 g/mol. The lowest BCUT2D eigenvalue weighted by Gasteiger charge is -2.39. The van der Waals surface area contributed by atoms with Crippen molar-refractivity contribution in [1.29, 1.82) is 0 Å². The summed E-state index contributed by atoms with van der Waals surface area (Å²) in [6.07, 6.45) is 4.92. The van der Waals surface area contributed by atoms with Gasteiger partial charge in [0.15, 0.2) is 0 Å². The molecule has 8 heteroatoms. The number of rotatable bonds is 13. The molecule has 3 saturated heterocycles. The molecule has 3 aliphatic heterocycles. The third-order valence-corrected chi connectivity index (χ3v) is 10.9. The molecule has 3 aromatic carbocycles. The number of carbonyl (C=O) groups excluding carboxylic acids is 3. The Morgan fingerprint density at radius 1 is 1.02 bits per heavy atom. The van der Waals surface area contributed by atoms with Gasteiger partial charge in [-0.25, -0.2) is 0 Å². The molecular weight excluding hydrogens is 602 g/mol. The van der Waals surface area contributed by atoms with Crippen molar-refractivity contribution in [1.82, 2.24) is 9.80 Å². The number of anilines is 1. The minimum Gasteiger partial charge on any atom is -0.394 e. The van der Waals surface area contributed by atoms with Crippen molar-refractivity contribution in [3.05, 3.63) is 104 Å². The standard InChI is InChI=1S/C40H47N3O5/c1-6-20-41(21-7-2)36(45)33-34-37(46)43(32(26-44)23-28-14-10-9-11-15-28)35(40(34)25-27(4)39(33,5)48-40)38(47)42(22-8-3)31-19-18-29-16-12-13-17-30(29)24-31/h6,8-19,24,27,32-35,44H,1,3,7,20-23,25-26H2,2,4-5H3/t27?,32-,33-,34+,35?,39+,40?/m1/s1. The van der Waals surface area contributed by atoms with E-state index in [1.807, 2.05) is 86.6 Å². The number of hydrogen-bond donors (Lipinski definition) is 1. The van der Waals surface area contributed by atoms with Gasteiger partial charge in [-0.1, -0.05) is 86.7 Å². The fourth-order valence-electron chi connectivity index (χ4n) is 8.72. The van der Waals surface area contributed by atoms with Crippen molar-refractivity contribution in [2.75, 3.05) is 31.1 Å². The third kappa shape index (κ3) is 5.35. The number of ether oxygens (including phenoxy) is 1. The minimum absolute atomic E-state index is 0.104. The summed E-state index contributed by atoms with van der Waals surface area (Å²) in [5.41, 5.74) is -0.597. The van der Waals surface area contributed by atoms with E-state index < -0.39 is 35.1 Å². The molecule has 0 aliphatic carbocycles. The third-order valence-electron chi connectivity index (χ3n) is 10.9. The Morgan fingerprint density at radius 3 is 2.38 bits per heavy atom. The highest BCUT2D eigenvalue weighted by Gasteiger charge is 2.80. The molecule has 3 aliphatic rings. The molecule has 6 rings (SSSR count). The maximum Gasteiger partial charge on any atom is 0.253 e. The number of aliphatic hydroxyl groups excluding tert-OH is 1. The van der Waals surface area contributed by atoms with Gasteiger partial charge in [-0.05, 0) is 60.6 Å². The molecule has 0 saturated carbocycles. The highest BCUT2D eigenvalue weighted by atomic mass is 16.5. The van der Waals surface area contributed by atoms with Crippen LogP contribution in [0.25, 0.3) is 10.8 Å². The lowest BCUT2D eigenvalue weighted by atomic mass is 9.62. The molecule has 1 spiro atoms. The van der Waals surface area contributed by atoms with Crippen LogP contribution in [-0.2, 0) is 25.5 Å². The smallest absolute Gasteiger partial charge is 0.253 e. The molecule has 3 fully saturated rings. The number of fused-ring (bicyclic) bond motifs is 2. The van der Waals surface area contributed by atoms with Crippen molar-refractivity contribution in [2.24, 2.45) is 17.8 Å². The first-order valence-corrected chi connectivity index (χ1v) is 17.1. The van der Waals surface area contributed by atoms with E-state index >= 15 is 9.59 Å². The summed E-state index contributed by atoms with van der Waals surface area (Å²) in [4.78, 5) is 49.8. The molecule has 0 aromatic heterocycles. The van der Waals surface area contributed by atoms with Gasteiger partial charge in [0.05, 0.1) is 30.1 Å². The number of nitrogens with zero attached hydrogens (tertiary/aromatic N) is 3. The predicted molar refractivity (Wildman–Crippen MR) is 188 cm³/mol. The Hall–Kier alpha value is -4.27. The van der Waals surface area contributed by atoms with E-state index in [0.29, 0.717) is 31.6 Å². The zero-order valence-corrected chi connectivity index (χ0v) is 28.3. The summed E-state index contributed by atoms with van der Waals surface area (Å²) >= 11 is 0. The molecule has 3 unspecified atom stereocenters. The number of amides is 3. The van der Waals surface area contributed by atoms with Crippen LogP contribution in [0.3, 0.4) is 0 Å². The second-order valence-corrected chi connectivity index (χ2v) is 13.8. The summed E-state index contributed by atoms with van der Waals surface area (Å²) in [7, 11) is 0. The van der Waals surface area contributed by atoms with Crippen molar-refractivity contribution in [3.8, 4) is 0 Å². The van der Waals surface area contributed by atoms with Gasteiger partial charge in [-0.2, -0.15) is 0 Å². The average molecular weight is 650 g/mol. The fourth-order valence-corrected chi connectivity index (χ4v) is 8.72. The quantitative estimate of drug-likeness (QED) is 0.251. The summed E-state index contributed by atoms with van der Waals surface area (Å²) in [5, 5.41) is 12.9. The van der Waals surface area contributed by atoms with Crippen LogP contribution in [0.4, 0.5) is 5.69 Å². The molecule has 0 radical (unpaired) electrons. The first-order valence-electron chi connectivity index (χ1n) is 17.1. The zero-order valence-electron chi connectivity index (χ0n) is 28.3. The Kier molecular flexibility index (Phi) is 9.33. The number of aliphatic hydroxyl groups is 1. The van der Waals surface area contributed by atoms with E-state index in [0.717, 1.165) is 22.8 Å². The minimum atomic E-state index is -1.25. The van der Waals surface area contributed by atoms with Gasteiger partial charge in [0.1, 0.15) is 11.6 Å². The Balaban J connectivity index is 1.50. The van der Waals surface area contributed by atoms with Crippen LogP contribution >= 0.6 is 0 Å². The van der Waals surface area contributed by atoms with E-state index in [1.54, 1.807) is 26.9 Å². The van der Waals surface area contributed by atoms with Crippen molar-refractivity contribution in [2.45, 2.75) is 63.3 Å². The first kappa shape index (κ1) is 33.6. The van der Waals surface area contributed by atoms with Gasteiger partial charge in [0.2, 0.25) is 11.8 Å². The van der Waals surface area contributed by atoms with Crippen LogP contribution in [0.1, 0.15) is 39.2 Å². The molecule has 8 nitrogen and oxygen atoms in total. The lowest BCUT2D eigenvalue weighted by Crippen LogP contribution is -2.59. The van der Waals surface area contributed by atoms with E-state index in [9.17, 15) is 9.90 Å². The van der Waals surface area contributed by atoms with Gasteiger partial charge in [0.25, 0.3) is 5.91 Å².